The van der Waals surface area contributed by atoms with E-state index in [1.807, 2.05) is 13.8 Å². The van der Waals surface area contributed by atoms with E-state index in [4.69, 9.17) is 18.9 Å². The van der Waals surface area contributed by atoms with Crippen molar-refractivity contribution in [3.63, 3.8) is 0 Å². The fraction of sp³-hybridized carbons (Fsp3) is 1.00. The van der Waals surface area contributed by atoms with Gasteiger partial charge in [-0.25, -0.2) is 0 Å². The maximum absolute atomic E-state index is 9.45. The van der Waals surface area contributed by atoms with Gasteiger partial charge in [0.05, 0.1) is 6.61 Å². The highest BCUT2D eigenvalue weighted by Crippen LogP contribution is 2.47. The Morgan fingerprint density at radius 1 is 1.29 bits per heavy atom. The zero-order valence-electron chi connectivity index (χ0n) is 8.23. The van der Waals surface area contributed by atoms with Gasteiger partial charge in [-0.15, -0.1) is 0 Å². The molecule has 0 aromatic heterocycles. The quantitative estimate of drug-likeness (QED) is 0.543. The number of aliphatic hydroxyl groups is 1. The first-order valence-corrected chi connectivity index (χ1v) is 4.84. The summed E-state index contributed by atoms with van der Waals surface area (Å²) < 4.78 is 22.0. The van der Waals surface area contributed by atoms with E-state index >= 15 is 0 Å². The van der Waals surface area contributed by atoms with Crippen molar-refractivity contribution in [1.82, 2.24) is 0 Å². The normalized spacial score (nSPS) is 54.6. The molecule has 0 aromatic rings. The first-order chi connectivity index (χ1) is 6.53. The summed E-state index contributed by atoms with van der Waals surface area (Å²) in [5, 5.41) is 9.45. The summed E-state index contributed by atoms with van der Waals surface area (Å²) in [6, 6.07) is 0. The molecular weight excluding hydrogens is 188 g/mol. The number of epoxide rings is 1. The fourth-order valence-corrected chi connectivity index (χ4v) is 2.13. The van der Waals surface area contributed by atoms with Gasteiger partial charge in [0.1, 0.15) is 24.9 Å². The van der Waals surface area contributed by atoms with Crippen molar-refractivity contribution in [2.24, 2.45) is 0 Å². The minimum absolute atomic E-state index is 0.138. The number of rotatable bonds is 0. The Hall–Kier alpha value is -0.200. The van der Waals surface area contributed by atoms with Crippen LogP contribution in [-0.4, -0.2) is 48.2 Å². The molecule has 3 fully saturated rings. The molecule has 4 atom stereocenters. The molecular formula is C9H14O5. The van der Waals surface area contributed by atoms with E-state index in [9.17, 15) is 5.11 Å². The van der Waals surface area contributed by atoms with Crippen molar-refractivity contribution in [2.75, 3.05) is 13.2 Å². The number of hydrogen-bond acceptors (Lipinski definition) is 5. The van der Waals surface area contributed by atoms with Gasteiger partial charge in [0.15, 0.2) is 5.79 Å². The van der Waals surface area contributed by atoms with Crippen LogP contribution in [0.15, 0.2) is 0 Å². The SMILES string of the molecule is CC1(C)OCC2(OCC(O)C3OC32)O1. The molecule has 5 heteroatoms. The summed E-state index contributed by atoms with van der Waals surface area (Å²) >= 11 is 0. The molecule has 3 aliphatic rings. The van der Waals surface area contributed by atoms with Crippen LogP contribution in [0.4, 0.5) is 0 Å². The smallest absolute Gasteiger partial charge is 0.224 e. The molecule has 3 rings (SSSR count). The molecule has 4 unspecified atom stereocenters. The summed E-state index contributed by atoms with van der Waals surface area (Å²) in [6.45, 7) is 4.30. The van der Waals surface area contributed by atoms with E-state index in [2.05, 4.69) is 0 Å². The lowest BCUT2D eigenvalue weighted by Crippen LogP contribution is -2.50. The van der Waals surface area contributed by atoms with Crippen LogP contribution in [0.25, 0.3) is 0 Å². The zero-order valence-corrected chi connectivity index (χ0v) is 8.23. The Morgan fingerprint density at radius 3 is 2.71 bits per heavy atom. The topological polar surface area (TPSA) is 60.5 Å². The van der Waals surface area contributed by atoms with Crippen molar-refractivity contribution < 1.29 is 24.1 Å². The molecule has 0 amide bonds. The van der Waals surface area contributed by atoms with Crippen LogP contribution in [0.2, 0.25) is 0 Å². The van der Waals surface area contributed by atoms with Crippen molar-refractivity contribution in [3.05, 3.63) is 0 Å². The molecule has 0 aromatic carbocycles. The predicted octanol–water partition coefficient (Wildman–Crippen LogP) is -0.376. The number of ether oxygens (including phenoxy) is 4. The van der Waals surface area contributed by atoms with E-state index in [0.29, 0.717) is 6.61 Å². The Bertz CT molecular complexity index is 266. The Labute approximate surface area is 81.9 Å². The van der Waals surface area contributed by atoms with Gasteiger partial charge in [0.25, 0.3) is 0 Å². The maximum Gasteiger partial charge on any atom is 0.224 e. The molecule has 0 aliphatic carbocycles. The van der Waals surface area contributed by atoms with Gasteiger partial charge in [0, 0.05) is 0 Å². The minimum Gasteiger partial charge on any atom is -0.388 e. The van der Waals surface area contributed by atoms with Crippen LogP contribution in [-0.2, 0) is 18.9 Å². The summed E-state index contributed by atoms with van der Waals surface area (Å²) in [5.41, 5.74) is 0. The lowest BCUT2D eigenvalue weighted by Gasteiger charge is -2.31. The van der Waals surface area contributed by atoms with Gasteiger partial charge in [-0.05, 0) is 13.8 Å². The second-order valence-electron chi connectivity index (χ2n) is 4.50. The second-order valence-corrected chi connectivity index (χ2v) is 4.50. The average molecular weight is 202 g/mol. The van der Waals surface area contributed by atoms with Gasteiger partial charge in [-0.2, -0.15) is 0 Å². The van der Waals surface area contributed by atoms with E-state index in [1.54, 1.807) is 0 Å². The molecule has 0 radical (unpaired) electrons. The number of aliphatic hydroxyl groups excluding tert-OH is 1. The zero-order chi connectivity index (χ0) is 9.97. The third-order valence-corrected chi connectivity index (χ3v) is 2.88. The monoisotopic (exact) mass is 202 g/mol. The average Bonchev–Trinajstić information content (AvgIpc) is 2.84. The van der Waals surface area contributed by atoms with Gasteiger partial charge >= 0.3 is 0 Å². The summed E-state index contributed by atoms with van der Waals surface area (Å²) in [6.07, 6.45) is -0.841. The molecule has 3 aliphatic heterocycles. The highest BCUT2D eigenvalue weighted by molar-refractivity contribution is 5.06. The first-order valence-electron chi connectivity index (χ1n) is 4.84. The lowest BCUT2D eigenvalue weighted by atomic mass is 10.0. The van der Waals surface area contributed by atoms with Crippen LogP contribution in [0.5, 0.6) is 0 Å². The Morgan fingerprint density at radius 2 is 2.07 bits per heavy atom. The molecule has 14 heavy (non-hydrogen) atoms. The van der Waals surface area contributed by atoms with Crippen LogP contribution in [0, 0.1) is 0 Å². The Kier molecular flexibility index (Phi) is 1.61. The van der Waals surface area contributed by atoms with Crippen LogP contribution in [0.3, 0.4) is 0 Å². The van der Waals surface area contributed by atoms with Gasteiger partial charge in [-0.3, -0.25) is 0 Å². The van der Waals surface area contributed by atoms with Gasteiger partial charge < -0.3 is 24.1 Å². The van der Waals surface area contributed by atoms with E-state index in [0.717, 1.165) is 0 Å². The Balaban J connectivity index is 1.80. The molecule has 80 valence electrons. The lowest BCUT2D eigenvalue weighted by molar-refractivity contribution is -0.272. The molecule has 3 heterocycles. The predicted molar refractivity (Wildman–Crippen MR) is 44.5 cm³/mol. The van der Waals surface area contributed by atoms with E-state index in [1.165, 1.54) is 0 Å². The molecule has 1 N–H and O–H groups in total. The largest absolute Gasteiger partial charge is 0.388 e. The van der Waals surface area contributed by atoms with Crippen molar-refractivity contribution in [3.8, 4) is 0 Å². The van der Waals surface area contributed by atoms with E-state index < -0.39 is 17.7 Å². The summed E-state index contributed by atoms with van der Waals surface area (Å²) in [4.78, 5) is 0. The maximum atomic E-state index is 9.45. The first kappa shape index (κ1) is 9.06. The van der Waals surface area contributed by atoms with Crippen LogP contribution in [0.1, 0.15) is 13.8 Å². The minimum atomic E-state index is -0.784. The standard InChI is InChI=1S/C9H14O5/c1-8(2)12-4-9(14-8)7-6(13-7)5(10)3-11-9/h5-7,10H,3-4H2,1-2H3. The highest BCUT2D eigenvalue weighted by Gasteiger charge is 2.67. The van der Waals surface area contributed by atoms with Crippen molar-refractivity contribution >= 4 is 0 Å². The number of hydrogen-bond donors (Lipinski definition) is 1. The fourth-order valence-electron chi connectivity index (χ4n) is 2.13. The molecule has 0 bridgehead atoms. The third-order valence-electron chi connectivity index (χ3n) is 2.88. The molecule has 1 spiro atoms. The van der Waals surface area contributed by atoms with Crippen molar-refractivity contribution in [1.29, 1.82) is 0 Å². The summed E-state index contributed by atoms with van der Waals surface area (Å²) in [7, 11) is 0. The van der Waals surface area contributed by atoms with Gasteiger partial charge in [-0.1, -0.05) is 0 Å². The molecule has 3 saturated heterocycles. The van der Waals surface area contributed by atoms with Gasteiger partial charge in [0.2, 0.25) is 5.79 Å². The third kappa shape index (κ3) is 1.14. The number of fused-ring (bicyclic) bond motifs is 2. The van der Waals surface area contributed by atoms with Crippen LogP contribution >= 0.6 is 0 Å². The van der Waals surface area contributed by atoms with Crippen LogP contribution < -0.4 is 0 Å². The molecule has 0 saturated carbocycles. The highest BCUT2D eigenvalue weighted by atomic mass is 16.9. The van der Waals surface area contributed by atoms with E-state index in [-0.39, 0.29) is 18.8 Å². The summed E-state index contributed by atoms with van der Waals surface area (Å²) in [5.74, 6) is -1.41. The molecule has 5 nitrogen and oxygen atoms in total. The van der Waals surface area contributed by atoms with Crippen molar-refractivity contribution in [2.45, 2.75) is 43.7 Å². The second kappa shape index (κ2) is 2.48.